The van der Waals surface area contributed by atoms with Gasteiger partial charge in [-0.2, -0.15) is 0 Å². The van der Waals surface area contributed by atoms with Crippen LogP contribution in [0.3, 0.4) is 0 Å². The van der Waals surface area contributed by atoms with Crippen molar-refractivity contribution in [3.63, 3.8) is 0 Å². The van der Waals surface area contributed by atoms with Gasteiger partial charge in [0, 0.05) is 51.4 Å². The molecule has 0 radical (unpaired) electrons. The van der Waals surface area contributed by atoms with Crippen LogP contribution < -0.4 is 5.32 Å². The second-order valence-electron chi connectivity index (χ2n) is 8.16. The molecule has 2 heterocycles. The average Bonchev–Trinajstić information content (AvgIpc) is 2.77. The molecule has 1 aromatic heterocycles. The first-order valence-electron chi connectivity index (χ1n) is 10.8. The number of anilines is 1. The molecule has 1 fully saturated rings. The summed E-state index contributed by atoms with van der Waals surface area (Å²) in [6.07, 6.45) is 0. The molecule has 0 bridgehead atoms. The Hall–Kier alpha value is -2.76. The van der Waals surface area contributed by atoms with Crippen molar-refractivity contribution in [1.29, 1.82) is 0 Å². The SMILES string of the molecule is Cc1ccc(-c2nnc(NCCN3CCN(Cc4ccccc4)CC3)cc2C)cc1. The lowest BCUT2D eigenvalue weighted by molar-refractivity contribution is 0.130. The molecule has 1 N–H and O–H groups in total. The molecule has 0 unspecified atom stereocenters. The van der Waals surface area contributed by atoms with Crippen molar-refractivity contribution >= 4 is 5.82 Å². The Bertz CT molecular complexity index is 932. The smallest absolute Gasteiger partial charge is 0.148 e. The number of benzene rings is 2. The summed E-state index contributed by atoms with van der Waals surface area (Å²) in [4.78, 5) is 5.06. The van der Waals surface area contributed by atoms with Crippen LogP contribution >= 0.6 is 0 Å². The lowest BCUT2D eigenvalue weighted by atomic mass is 10.1. The van der Waals surface area contributed by atoms with Crippen LogP contribution in [-0.4, -0.2) is 59.3 Å². The molecule has 3 aromatic rings. The minimum atomic E-state index is 0.853. The van der Waals surface area contributed by atoms with Crippen molar-refractivity contribution in [1.82, 2.24) is 20.0 Å². The van der Waals surface area contributed by atoms with Gasteiger partial charge in [0.15, 0.2) is 0 Å². The number of nitrogens with one attached hydrogen (secondary N) is 1. The standard InChI is InChI=1S/C25H31N5/c1-20-8-10-23(11-9-20)25-21(2)18-24(27-28-25)26-12-13-29-14-16-30(17-15-29)19-22-6-4-3-5-7-22/h3-11,18H,12-17,19H2,1-2H3,(H,26,27). The van der Waals surface area contributed by atoms with Crippen molar-refractivity contribution in [2.24, 2.45) is 0 Å². The zero-order chi connectivity index (χ0) is 20.8. The van der Waals surface area contributed by atoms with E-state index in [1.54, 1.807) is 0 Å². The second kappa shape index (κ2) is 9.83. The van der Waals surface area contributed by atoms with Crippen LogP contribution in [-0.2, 0) is 6.54 Å². The molecule has 156 valence electrons. The highest BCUT2D eigenvalue weighted by Gasteiger charge is 2.16. The molecule has 4 rings (SSSR count). The monoisotopic (exact) mass is 401 g/mol. The molecule has 0 aliphatic carbocycles. The average molecular weight is 402 g/mol. The topological polar surface area (TPSA) is 44.3 Å². The van der Waals surface area contributed by atoms with Crippen molar-refractivity contribution in [3.8, 4) is 11.3 Å². The summed E-state index contributed by atoms with van der Waals surface area (Å²) in [5.41, 5.74) is 5.87. The molecule has 0 atom stereocenters. The first-order valence-corrected chi connectivity index (χ1v) is 10.8. The van der Waals surface area contributed by atoms with E-state index in [1.165, 1.54) is 11.1 Å². The Morgan fingerprint density at radius 3 is 2.23 bits per heavy atom. The van der Waals surface area contributed by atoms with E-state index in [0.717, 1.165) is 68.5 Å². The molecule has 30 heavy (non-hydrogen) atoms. The van der Waals surface area contributed by atoms with Crippen LogP contribution in [0.25, 0.3) is 11.3 Å². The van der Waals surface area contributed by atoms with E-state index in [9.17, 15) is 0 Å². The molecule has 5 nitrogen and oxygen atoms in total. The van der Waals surface area contributed by atoms with Crippen LogP contribution in [0.5, 0.6) is 0 Å². The van der Waals surface area contributed by atoms with E-state index >= 15 is 0 Å². The Kier molecular flexibility index (Phi) is 6.72. The van der Waals surface area contributed by atoms with Gasteiger partial charge in [-0.15, -0.1) is 10.2 Å². The van der Waals surface area contributed by atoms with Gasteiger partial charge in [-0.1, -0.05) is 60.2 Å². The third-order valence-electron chi connectivity index (χ3n) is 5.76. The predicted molar refractivity (Wildman–Crippen MR) is 124 cm³/mol. The van der Waals surface area contributed by atoms with Gasteiger partial charge in [0.1, 0.15) is 5.82 Å². The number of aromatic nitrogens is 2. The number of hydrogen-bond acceptors (Lipinski definition) is 5. The highest BCUT2D eigenvalue weighted by atomic mass is 15.3. The Morgan fingerprint density at radius 1 is 0.833 bits per heavy atom. The van der Waals surface area contributed by atoms with Gasteiger partial charge >= 0.3 is 0 Å². The Balaban J connectivity index is 1.22. The van der Waals surface area contributed by atoms with Gasteiger partial charge in [-0.3, -0.25) is 9.80 Å². The summed E-state index contributed by atoms with van der Waals surface area (Å²) in [5, 5.41) is 12.3. The van der Waals surface area contributed by atoms with Gasteiger partial charge < -0.3 is 5.32 Å². The van der Waals surface area contributed by atoms with E-state index in [0.29, 0.717) is 0 Å². The first-order chi connectivity index (χ1) is 14.7. The summed E-state index contributed by atoms with van der Waals surface area (Å²) in [6.45, 7) is 11.6. The lowest BCUT2D eigenvalue weighted by Gasteiger charge is -2.34. The molecule has 5 heteroatoms. The van der Waals surface area contributed by atoms with Crippen LogP contribution in [0.15, 0.2) is 60.7 Å². The normalized spacial score (nSPS) is 15.3. The predicted octanol–water partition coefficient (Wildman–Crippen LogP) is 3.99. The fraction of sp³-hybridized carbons (Fsp3) is 0.360. The first kappa shape index (κ1) is 20.5. The summed E-state index contributed by atoms with van der Waals surface area (Å²) in [6, 6.07) is 21.3. The van der Waals surface area contributed by atoms with Gasteiger partial charge in [-0.25, -0.2) is 0 Å². The minimum Gasteiger partial charge on any atom is -0.367 e. The highest BCUT2D eigenvalue weighted by molar-refractivity contribution is 5.64. The van der Waals surface area contributed by atoms with Gasteiger partial charge in [0.05, 0.1) is 5.69 Å². The fourth-order valence-electron chi connectivity index (χ4n) is 3.92. The summed E-state index contributed by atoms with van der Waals surface area (Å²) < 4.78 is 0. The second-order valence-corrected chi connectivity index (χ2v) is 8.16. The van der Waals surface area contributed by atoms with E-state index < -0.39 is 0 Å². The van der Waals surface area contributed by atoms with Gasteiger partial charge in [0.25, 0.3) is 0 Å². The molecule has 0 amide bonds. The number of hydrogen-bond donors (Lipinski definition) is 1. The van der Waals surface area contributed by atoms with E-state index in [4.69, 9.17) is 0 Å². The third kappa shape index (κ3) is 5.43. The zero-order valence-corrected chi connectivity index (χ0v) is 18.0. The Morgan fingerprint density at radius 2 is 1.53 bits per heavy atom. The van der Waals surface area contributed by atoms with E-state index in [1.807, 2.05) is 0 Å². The van der Waals surface area contributed by atoms with Crippen LogP contribution in [0.1, 0.15) is 16.7 Å². The Labute approximate surface area is 179 Å². The van der Waals surface area contributed by atoms with Crippen molar-refractivity contribution in [3.05, 3.63) is 77.4 Å². The highest BCUT2D eigenvalue weighted by Crippen LogP contribution is 2.22. The molecule has 2 aromatic carbocycles. The summed E-state index contributed by atoms with van der Waals surface area (Å²) in [7, 11) is 0. The van der Waals surface area contributed by atoms with Gasteiger partial charge in [-0.05, 0) is 31.0 Å². The van der Waals surface area contributed by atoms with Crippen LogP contribution in [0, 0.1) is 13.8 Å². The van der Waals surface area contributed by atoms with Crippen LogP contribution in [0.4, 0.5) is 5.82 Å². The molecule has 0 spiro atoms. The maximum Gasteiger partial charge on any atom is 0.148 e. The van der Waals surface area contributed by atoms with Crippen molar-refractivity contribution < 1.29 is 0 Å². The zero-order valence-electron chi connectivity index (χ0n) is 18.0. The number of nitrogens with zero attached hydrogens (tertiary/aromatic N) is 4. The van der Waals surface area contributed by atoms with Crippen molar-refractivity contribution in [2.75, 3.05) is 44.6 Å². The molecular weight excluding hydrogens is 370 g/mol. The van der Waals surface area contributed by atoms with Crippen molar-refractivity contribution in [2.45, 2.75) is 20.4 Å². The number of aryl methyl sites for hydroxylation is 2. The molecule has 1 saturated heterocycles. The summed E-state index contributed by atoms with van der Waals surface area (Å²) in [5.74, 6) is 0.853. The molecule has 1 aliphatic heterocycles. The fourth-order valence-corrected chi connectivity index (χ4v) is 3.92. The van der Waals surface area contributed by atoms with E-state index in [2.05, 4.69) is 99.8 Å². The largest absolute Gasteiger partial charge is 0.367 e. The molecule has 0 saturated carbocycles. The number of piperazine rings is 1. The molecule has 1 aliphatic rings. The third-order valence-corrected chi connectivity index (χ3v) is 5.76. The maximum atomic E-state index is 4.46. The van der Waals surface area contributed by atoms with Gasteiger partial charge in [0.2, 0.25) is 0 Å². The molecular formula is C25H31N5. The van der Waals surface area contributed by atoms with E-state index in [-0.39, 0.29) is 0 Å². The quantitative estimate of drug-likeness (QED) is 0.649. The number of rotatable bonds is 7. The maximum absolute atomic E-state index is 4.46. The summed E-state index contributed by atoms with van der Waals surface area (Å²) >= 11 is 0. The minimum absolute atomic E-state index is 0.853. The lowest BCUT2D eigenvalue weighted by Crippen LogP contribution is -2.47. The van der Waals surface area contributed by atoms with Crippen LogP contribution in [0.2, 0.25) is 0 Å².